The lowest BCUT2D eigenvalue weighted by Gasteiger charge is -2.31. The van der Waals surface area contributed by atoms with Crippen LogP contribution in [0.15, 0.2) is 46.3 Å². The summed E-state index contributed by atoms with van der Waals surface area (Å²) < 4.78 is 41.4. The Hall–Kier alpha value is -2.88. The van der Waals surface area contributed by atoms with E-state index in [0.717, 1.165) is 35.7 Å². The second kappa shape index (κ2) is 7.27. The summed E-state index contributed by atoms with van der Waals surface area (Å²) in [6.45, 7) is 4.01. The van der Waals surface area contributed by atoms with Crippen molar-refractivity contribution in [1.82, 2.24) is 4.68 Å². The second-order valence-electron chi connectivity index (χ2n) is 7.55. The van der Waals surface area contributed by atoms with Crippen molar-refractivity contribution in [3.63, 3.8) is 0 Å². The van der Waals surface area contributed by atoms with Gasteiger partial charge in [-0.1, -0.05) is 50.6 Å². The Morgan fingerprint density at radius 2 is 1.86 bits per heavy atom. The Bertz CT molecular complexity index is 1010. The molecule has 3 rings (SSSR count). The SMILES string of the molecule is CC1(C)CCCCC1=Nn1c(-c2ccccc2)cc(C(F)(F)F)c(C#N)c1=O. The lowest BCUT2D eigenvalue weighted by molar-refractivity contribution is -0.137. The standard InChI is InChI=1S/C21H20F3N3O/c1-20(2)11-7-6-10-18(20)26-27-17(14-8-4-3-5-9-14)12-16(21(22,23)24)15(13-25)19(27)28/h3-5,8-9,12H,6-7,10-11H2,1-2H3. The molecule has 1 aromatic heterocycles. The van der Waals surface area contributed by atoms with Crippen LogP contribution in [0.3, 0.4) is 0 Å². The third-order valence-electron chi connectivity index (χ3n) is 5.14. The molecule has 4 nitrogen and oxygen atoms in total. The fraction of sp³-hybridized carbons (Fsp3) is 0.381. The summed E-state index contributed by atoms with van der Waals surface area (Å²) in [5.41, 5.74) is -2.30. The van der Waals surface area contributed by atoms with Gasteiger partial charge in [-0.2, -0.15) is 28.2 Å². The van der Waals surface area contributed by atoms with Crippen molar-refractivity contribution in [2.24, 2.45) is 10.5 Å². The first-order valence-electron chi connectivity index (χ1n) is 9.06. The van der Waals surface area contributed by atoms with Gasteiger partial charge in [-0.3, -0.25) is 4.79 Å². The van der Waals surface area contributed by atoms with Gasteiger partial charge in [0.2, 0.25) is 0 Å². The fourth-order valence-electron chi connectivity index (χ4n) is 3.49. The van der Waals surface area contributed by atoms with E-state index in [2.05, 4.69) is 5.10 Å². The molecule has 0 spiro atoms. The molecule has 2 aromatic rings. The minimum atomic E-state index is -4.82. The molecule has 1 heterocycles. The summed E-state index contributed by atoms with van der Waals surface area (Å²) in [5.74, 6) is 0. The van der Waals surface area contributed by atoms with E-state index in [1.807, 2.05) is 13.8 Å². The van der Waals surface area contributed by atoms with E-state index < -0.39 is 22.9 Å². The third kappa shape index (κ3) is 3.72. The lowest BCUT2D eigenvalue weighted by Crippen LogP contribution is -2.32. The molecule has 1 saturated carbocycles. The number of rotatable bonds is 2. The zero-order valence-electron chi connectivity index (χ0n) is 15.7. The minimum Gasteiger partial charge on any atom is -0.266 e. The number of hydrogen-bond acceptors (Lipinski definition) is 3. The van der Waals surface area contributed by atoms with Crippen LogP contribution in [-0.2, 0) is 6.18 Å². The van der Waals surface area contributed by atoms with E-state index >= 15 is 0 Å². The van der Waals surface area contributed by atoms with Gasteiger partial charge in [0.1, 0.15) is 11.6 Å². The van der Waals surface area contributed by atoms with Gasteiger partial charge in [0, 0.05) is 16.7 Å². The molecule has 1 aliphatic rings. The van der Waals surface area contributed by atoms with Gasteiger partial charge < -0.3 is 0 Å². The number of nitriles is 1. The number of pyridine rings is 1. The normalized spacial score (nSPS) is 18.1. The van der Waals surface area contributed by atoms with E-state index in [9.17, 15) is 23.2 Å². The summed E-state index contributed by atoms with van der Waals surface area (Å²) in [4.78, 5) is 12.9. The van der Waals surface area contributed by atoms with Crippen LogP contribution < -0.4 is 5.56 Å². The highest BCUT2D eigenvalue weighted by Crippen LogP contribution is 2.35. The Morgan fingerprint density at radius 3 is 2.43 bits per heavy atom. The first-order chi connectivity index (χ1) is 13.1. The smallest absolute Gasteiger partial charge is 0.266 e. The first kappa shape index (κ1) is 19.9. The largest absolute Gasteiger partial charge is 0.417 e. The number of benzene rings is 1. The maximum atomic E-state index is 13.5. The van der Waals surface area contributed by atoms with E-state index in [0.29, 0.717) is 12.0 Å². The topological polar surface area (TPSA) is 58.1 Å². The predicted octanol–water partition coefficient (Wildman–Crippen LogP) is 5.21. The second-order valence-corrected chi connectivity index (χ2v) is 7.55. The predicted molar refractivity (Wildman–Crippen MR) is 101 cm³/mol. The molecular formula is C21H20F3N3O. The maximum absolute atomic E-state index is 13.5. The van der Waals surface area contributed by atoms with E-state index in [-0.39, 0.29) is 11.1 Å². The summed E-state index contributed by atoms with van der Waals surface area (Å²) in [6, 6.07) is 10.6. The van der Waals surface area contributed by atoms with Crippen LogP contribution in [-0.4, -0.2) is 10.4 Å². The Balaban J connectivity index is 2.35. The Labute approximate surface area is 160 Å². The number of aromatic nitrogens is 1. The van der Waals surface area contributed by atoms with Crippen molar-refractivity contribution in [1.29, 1.82) is 5.26 Å². The zero-order chi connectivity index (χ0) is 20.5. The van der Waals surface area contributed by atoms with Gasteiger partial charge in [-0.15, -0.1) is 0 Å². The van der Waals surface area contributed by atoms with Gasteiger partial charge in [0.05, 0.1) is 11.3 Å². The average Bonchev–Trinajstić information content (AvgIpc) is 2.64. The Kier molecular flexibility index (Phi) is 5.16. The van der Waals surface area contributed by atoms with Crippen molar-refractivity contribution in [2.45, 2.75) is 45.7 Å². The van der Waals surface area contributed by atoms with Gasteiger partial charge >= 0.3 is 6.18 Å². The quantitative estimate of drug-likeness (QED) is 0.710. The highest BCUT2D eigenvalue weighted by atomic mass is 19.4. The summed E-state index contributed by atoms with van der Waals surface area (Å²) >= 11 is 0. The first-order valence-corrected chi connectivity index (χ1v) is 9.06. The molecule has 0 unspecified atom stereocenters. The van der Waals surface area contributed by atoms with E-state index in [1.54, 1.807) is 30.3 Å². The van der Waals surface area contributed by atoms with Crippen molar-refractivity contribution >= 4 is 5.71 Å². The van der Waals surface area contributed by atoms with Gasteiger partial charge in [-0.25, -0.2) is 0 Å². The summed E-state index contributed by atoms with van der Waals surface area (Å²) in [7, 11) is 0. The number of nitrogens with zero attached hydrogens (tertiary/aromatic N) is 3. The molecule has 1 aliphatic carbocycles. The molecule has 0 atom stereocenters. The molecule has 0 aliphatic heterocycles. The summed E-state index contributed by atoms with van der Waals surface area (Å²) in [6.07, 6.45) is -1.33. The number of halogens is 3. The average molecular weight is 387 g/mol. The number of hydrogen-bond donors (Lipinski definition) is 0. The van der Waals surface area contributed by atoms with Crippen LogP contribution in [0.4, 0.5) is 13.2 Å². The van der Waals surface area contributed by atoms with Crippen molar-refractivity contribution in [3.8, 4) is 17.3 Å². The highest BCUT2D eigenvalue weighted by Gasteiger charge is 2.37. The van der Waals surface area contributed by atoms with Gasteiger partial charge in [0.15, 0.2) is 0 Å². The van der Waals surface area contributed by atoms with Crippen LogP contribution in [0.25, 0.3) is 11.3 Å². The number of alkyl halides is 3. The van der Waals surface area contributed by atoms with Crippen LogP contribution in [0.5, 0.6) is 0 Å². The summed E-state index contributed by atoms with van der Waals surface area (Å²) in [5, 5.41) is 13.7. The van der Waals surface area contributed by atoms with Crippen LogP contribution in [0, 0.1) is 16.7 Å². The lowest BCUT2D eigenvalue weighted by atomic mass is 9.76. The van der Waals surface area contributed by atoms with Crippen LogP contribution >= 0.6 is 0 Å². The molecule has 28 heavy (non-hydrogen) atoms. The van der Waals surface area contributed by atoms with Crippen LogP contribution in [0.2, 0.25) is 0 Å². The van der Waals surface area contributed by atoms with Gasteiger partial charge in [0.25, 0.3) is 5.56 Å². The van der Waals surface area contributed by atoms with Crippen molar-refractivity contribution in [2.75, 3.05) is 0 Å². The monoisotopic (exact) mass is 387 g/mol. The molecule has 1 fully saturated rings. The molecule has 0 radical (unpaired) electrons. The van der Waals surface area contributed by atoms with Crippen molar-refractivity contribution < 1.29 is 13.2 Å². The molecule has 0 N–H and O–H groups in total. The zero-order valence-corrected chi connectivity index (χ0v) is 15.7. The van der Waals surface area contributed by atoms with Gasteiger partial charge in [-0.05, 0) is 25.3 Å². The van der Waals surface area contributed by atoms with E-state index in [4.69, 9.17) is 0 Å². The molecule has 1 aromatic carbocycles. The fourth-order valence-corrected chi connectivity index (χ4v) is 3.49. The molecule has 7 heteroatoms. The molecular weight excluding hydrogens is 367 g/mol. The molecule has 146 valence electrons. The molecule has 0 saturated heterocycles. The highest BCUT2D eigenvalue weighted by molar-refractivity contribution is 5.90. The third-order valence-corrected chi connectivity index (χ3v) is 5.14. The molecule has 0 bridgehead atoms. The Morgan fingerprint density at radius 1 is 1.18 bits per heavy atom. The minimum absolute atomic E-state index is 0.0193. The molecule has 0 amide bonds. The maximum Gasteiger partial charge on any atom is 0.417 e. The van der Waals surface area contributed by atoms with E-state index in [1.165, 1.54) is 6.07 Å². The van der Waals surface area contributed by atoms with Crippen molar-refractivity contribution in [3.05, 3.63) is 57.9 Å². The van der Waals surface area contributed by atoms with Crippen LogP contribution in [0.1, 0.15) is 50.7 Å².